The minimum Gasteiger partial charge on any atom is -0.496 e. The number of ketones is 2. The molecule has 0 aromatic heterocycles. The van der Waals surface area contributed by atoms with E-state index in [4.69, 9.17) is 14.2 Å². The highest BCUT2D eigenvalue weighted by Gasteiger charge is 2.31. The van der Waals surface area contributed by atoms with Crippen molar-refractivity contribution in [1.82, 2.24) is 0 Å². The fraction of sp³-hybridized carbons (Fsp3) is 0.400. The first-order valence-electron chi connectivity index (χ1n) is 8.25. The van der Waals surface area contributed by atoms with Crippen molar-refractivity contribution in [3.8, 4) is 11.5 Å². The van der Waals surface area contributed by atoms with Crippen molar-refractivity contribution in [3.05, 3.63) is 46.6 Å². The van der Waals surface area contributed by atoms with Crippen molar-refractivity contribution in [2.24, 2.45) is 0 Å². The number of ether oxygens (including phenoxy) is 3. The van der Waals surface area contributed by atoms with Crippen molar-refractivity contribution in [2.75, 3.05) is 20.8 Å². The maximum absolute atomic E-state index is 12.5. The van der Waals surface area contributed by atoms with E-state index in [1.165, 1.54) is 31.9 Å². The zero-order valence-corrected chi connectivity index (χ0v) is 15.3. The van der Waals surface area contributed by atoms with Crippen LogP contribution in [0.2, 0.25) is 0 Å². The standard InChI is InChI=1S/C20H24O5/c1-6-25-16(10-7-12(2)3)13-11-17(23-4)18-14(21)8-9-15(22)19(18)20(13)24-5/h7-9,11,16H,6,10H2,1-5H3/t16-/m0/s1. The van der Waals surface area contributed by atoms with Crippen LogP contribution in [0.4, 0.5) is 0 Å². The molecule has 0 saturated heterocycles. The maximum Gasteiger partial charge on any atom is 0.190 e. The van der Waals surface area contributed by atoms with E-state index < -0.39 is 0 Å². The summed E-state index contributed by atoms with van der Waals surface area (Å²) in [4.78, 5) is 24.7. The first-order valence-corrected chi connectivity index (χ1v) is 8.25. The quantitative estimate of drug-likeness (QED) is 0.698. The molecule has 0 aliphatic heterocycles. The summed E-state index contributed by atoms with van der Waals surface area (Å²) in [6, 6.07) is 1.74. The van der Waals surface area contributed by atoms with Crippen molar-refractivity contribution >= 4 is 11.6 Å². The summed E-state index contributed by atoms with van der Waals surface area (Å²) in [5, 5.41) is 0. The average Bonchev–Trinajstić information content (AvgIpc) is 2.60. The fourth-order valence-corrected chi connectivity index (χ4v) is 2.91. The Bertz CT molecular complexity index is 739. The van der Waals surface area contributed by atoms with Gasteiger partial charge < -0.3 is 14.2 Å². The lowest BCUT2D eigenvalue weighted by molar-refractivity contribution is 0.0624. The summed E-state index contributed by atoms with van der Waals surface area (Å²) in [7, 11) is 2.97. The minimum atomic E-state index is -0.303. The van der Waals surface area contributed by atoms with Crippen LogP contribution in [0.5, 0.6) is 11.5 Å². The molecule has 5 heteroatoms. The van der Waals surface area contributed by atoms with E-state index in [1.54, 1.807) is 6.07 Å². The number of methoxy groups -OCH3 is 2. The van der Waals surface area contributed by atoms with Gasteiger partial charge in [0.2, 0.25) is 0 Å². The van der Waals surface area contributed by atoms with Gasteiger partial charge in [-0.1, -0.05) is 11.6 Å². The smallest absolute Gasteiger partial charge is 0.190 e. The number of allylic oxidation sites excluding steroid dienone is 3. The number of carbonyl (C=O) groups excluding carboxylic acids is 2. The van der Waals surface area contributed by atoms with Crippen LogP contribution in [-0.4, -0.2) is 32.4 Å². The van der Waals surface area contributed by atoms with Crippen LogP contribution in [0.15, 0.2) is 29.9 Å². The Kier molecular flexibility index (Phi) is 6.15. The van der Waals surface area contributed by atoms with Crippen molar-refractivity contribution in [2.45, 2.75) is 33.3 Å². The summed E-state index contributed by atoms with van der Waals surface area (Å²) in [5.74, 6) is 0.187. The monoisotopic (exact) mass is 344 g/mol. The molecule has 2 rings (SSSR count). The lowest BCUT2D eigenvalue weighted by Gasteiger charge is -2.24. The van der Waals surface area contributed by atoms with Gasteiger partial charge in [-0.05, 0) is 45.4 Å². The lowest BCUT2D eigenvalue weighted by Crippen LogP contribution is -2.17. The van der Waals surface area contributed by atoms with Crippen molar-refractivity contribution in [1.29, 1.82) is 0 Å². The largest absolute Gasteiger partial charge is 0.496 e. The van der Waals surface area contributed by atoms with Crippen molar-refractivity contribution < 1.29 is 23.8 Å². The Morgan fingerprint density at radius 1 is 1.08 bits per heavy atom. The second-order valence-electron chi connectivity index (χ2n) is 5.97. The van der Waals surface area contributed by atoms with E-state index in [2.05, 4.69) is 6.08 Å². The Hall–Kier alpha value is -2.40. The molecule has 0 saturated carbocycles. The number of fused-ring (bicyclic) bond motifs is 1. The number of rotatable bonds is 7. The van der Waals surface area contributed by atoms with Crippen LogP contribution < -0.4 is 9.47 Å². The average molecular weight is 344 g/mol. The van der Waals surface area contributed by atoms with E-state index in [9.17, 15) is 9.59 Å². The van der Waals surface area contributed by atoms with Gasteiger partial charge in [0.15, 0.2) is 11.6 Å². The highest BCUT2D eigenvalue weighted by molar-refractivity contribution is 6.24. The van der Waals surface area contributed by atoms with Gasteiger partial charge in [-0.2, -0.15) is 0 Å². The molecule has 1 aromatic carbocycles. The highest BCUT2D eigenvalue weighted by atomic mass is 16.5. The molecule has 0 heterocycles. The van der Waals surface area contributed by atoms with Gasteiger partial charge in [-0.3, -0.25) is 9.59 Å². The first-order chi connectivity index (χ1) is 11.9. The number of hydrogen-bond donors (Lipinski definition) is 0. The Balaban J connectivity index is 2.69. The highest BCUT2D eigenvalue weighted by Crippen LogP contribution is 2.41. The number of carbonyl (C=O) groups is 2. The molecular formula is C20H24O5. The SMILES string of the molecule is CCO[C@@H](CC=C(C)C)c1cc(OC)c2c(c1OC)C(=O)C=CC2=O. The normalized spacial score (nSPS) is 14.1. The maximum atomic E-state index is 12.5. The van der Waals surface area contributed by atoms with Crippen molar-refractivity contribution in [3.63, 3.8) is 0 Å². The fourth-order valence-electron chi connectivity index (χ4n) is 2.91. The Morgan fingerprint density at radius 2 is 1.72 bits per heavy atom. The first kappa shape index (κ1) is 18.9. The molecule has 0 unspecified atom stereocenters. The molecule has 0 bridgehead atoms. The molecule has 1 aromatic rings. The van der Waals surface area contributed by atoms with Gasteiger partial charge in [0, 0.05) is 12.2 Å². The van der Waals surface area contributed by atoms with Gasteiger partial charge in [-0.25, -0.2) is 0 Å². The van der Waals surface area contributed by atoms with E-state index in [0.29, 0.717) is 30.1 Å². The minimum absolute atomic E-state index is 0.242. The van der Waals surface area contributed by atoms with E-state index in [-0.39, 0.29) is 28.8 Å². The van der Waals surface area contributed by atoms with Gasteiger partial charge >= 0.3 is 0 Å². The molecular weight excluding hydrogens is 320 g/mol. The van der Waals surface area contributed by atoms with Crippen LogP contribution in [0.25, 0.3) is 0 Å². The number of hydrogen-bond acceptors (Lipinski definition) is 5. The molecule has 0 amide bonds. The molecule has 1 aliphatic carbocycles. The van der Waals surface area contributed by atoms with Crippen LogP contribution in [0.1, 0.15) is 59.6 Å². The number of benzene rings is 1. The molecule has 0 N–H and O–H groups in total. The van der Waals surface area contributed by atoms with Gasteiger partial charge in [0.25, 0.3) is 0 Å². The summed E-state index contributed by atoms with van der Waals surface area (Å²) in [6.45, 7) is 6.45. The van der Waals surface area contributed by atoms with Gasteiger partial charge in [0.1, 0.15) is 11.5 Å². The molecule has 25 heavy (non-hydrogen) atoms. The molecule has 0 spiro atoms. The van der Waals surface area contributed by atoms with E-state index in [1.807, 2.05) is 20.8 Å². The van der Waals surface area contributed by atoms with Crippen LogP contribution >= 0.6 is 0 Å². The van der Waals surface area contributed by atoms with Gasteiger partial charge in [-0.15, -0.1) is 0 Å². The Morgan fingerprint density at radius 3 is 2.24 bits per heavy atom. The lowest BCUT2D eigenvalue weighted by atomic mass is 9.88. The molecule has 1 atom stereocenters. The second kappa shape index (κ2) is 8.12. The topological polar surface area (TPSA) is 61.8 Å². The summed E-state index contributed by atoms with van der Waals surface area (Å²) in [5.41, 5.74) is 2.36. The summed E-state index contributed by atoms with van der Waals surface area (Å²) >= 11 is 0. The van der Waals surface area contributed by atoms with E-state index in [0.717, 1.165) is 0 Å². The molecule has 1 aliphatic rings. The molecule has 0 fully saturated rings. The zero-order valence-electron chi connectivity index (χ0n) is 15.3. The third-order valence-corrected chi connectivity index (χ3v) is 4.03. The van der Waals surface area contributed by atoms with Crippen LogP contribution in [0, 0.1) is 0 Å². The third-order valence-electron chi connectivity index (χ3n) is 4.03. The van der Waals surface area contributed by atoms with Crippen LogP contribution in [-0.2, 0) is 4.74 Å². The molecule has 5 nitrogen and oxygen atoms in total. The third kappa shape index (κ3) is 3.82. The Labute approximate surface area is 148 Å². The predicted molar refractivity (Wildman–Crippen MR) is 95.8 cm³/mol. The second-order valence-corrected chi connectivity index (χ2v) is 5.97. The zero-order chi connectivity index (χ0) is 18.6. The predicted octanol–water partition coefficient (Wildman–Crippen LogP) is 4.07. The van der Waals surface area contributed by atoms with Crippen LogP contribution in [0.3, 0.4) is 0 Å². The molecule has 0 radical (unpaired) electrons. The summed E-state index contributed by atoms with van der Waals surface area (Å²) in [6.07, 6.45) is 4.92. The molecule has 134 valence electrons. The summed E-state index contributed by atoms with van der Waals surface area (Å²) < 4.78 is 16.8. The van der Waals surface area contributed by atoms with E-state index >= 15 is 0 Å². The van der Waals surface area contributed by atoms with Gasteiger partial charge in [0.05, 0.1) is 31.5 Å².